The van der Waals surface area contributed by atoms with Crippen LogP contribution in [0.3, 0.4) is 0 Å². The van der Waals surface area contributed by atoms with Gasteiger partial charge in [0.15, 0.2) is 9.84 Å². The van der Waals surface area contributed by atoms with Crippen LogP contribution in [0.1, 0.15) is 17.2 Å². The number of halogens is 1. The Kier molecular flexibility index (Phi) is 2.76. The molecule has 1 aliphatic heterocycles. The molecular weight excluding hydrogens is 272 g/mol. The number of hydrogen-bond acceptors (Lipinski definition) is 4. The first-order valence-electron chi connectivity index (χ1n) is 4.57. The maximum absolute atomic E-state index is 11.7. The topological polar surface area (TPSA) is 68.3 Å². The van der Waals surface area contributed by atoms with E-state index in [-0.39, 0.29) is 22.6 Å². The average Bonchev–Trinajstić information content (AvgIpc) is 2.16. The van der Waals surface area contributed by atoms with Crippen molar-refractivity contribution in [3.8, 4) is 0 Å². The number of rotatable bonds is 1. The summed E-state index contributed by atoms with van der Waals surface area (Å²) in [6, 6.07) is 6.09. The lowest BCUT2D eigenvalue weighted by atomic mass is 10.1. The van der Waals surface area contributed by atoms with Gasteiger partial charge in [-0.25, -0.2) is 16.8 Å². The largest absolute Gasteiger partial charge is 0.239 e. The summed E-state index contributed by atoms with van der Waals surface area (Å²) in [6.07, 6.45) is 0.0190. The molecule has 88 valence electrons. The SMILES string of the molecule is O=S1(=O)CCC(S(=O)(=O)Cl)c2ccccc21. The van der Waals surface area contributed by atoms with E-state index in [9.17, 15) is 16.8 Å². The van der Waals surface area contributed by atoms with E-state index >= 15 is 0 Å². The van der Waals surface area contributed by atoms with E-state index in [0.717, 1.165) is 0 Å². The second kappa shape index (κ2) is 3.72. The molecule has 2 rings (SSSR count). The van der Waals surface area contributed by atoms with Crippen LogP contribution in [-0.4, -0.2) is 22.6 Å². The van der Waals surface area contributed by atoms with Crippen LogP contribution < -0.4 is 0 Å². The van der Waals surface area contributed by atoms with Crippen molar-refractivity contribution >= 4 is 29.6 Å². The van der Waals surface area contributed by atoms with Crippen LogP contribution in [0.25, 0.3) is 0 Å². The number of fused-ring (bicyclic) bond motifs is 1. The molecule has 0 amide bonds. The Morgan fingerprint density at radius 2 is 1.88 bits per heavy atom. The van der Waals surface area contributed by atoms with E-state index in [1.807, 2.05) is 0 Å². The molecule has 0 radical (unpaired) electrons. The van der Waals surface area contributed by atoms with Gasteiger partial charge < -0.3 is 0 Å². The minimum absolute atomic E-state index is 0.0190. The lowest BCUT2D eigenvalue weighted by molar-refractivity contribution is 0.573. The Balaban J connectivity index is 2.70. The van der Waals surface area contributed by atoms with E-state index in [0.29, 0.717) is 0 Å². The summed E-state index contributed by atoms with van der Waals surface area (Å²) in [6.45, 7) is 0. The van der Waals surface area contributed by atoms with Crippen molar-refractivity contribution in [3.63, 3.8) is 0 Å². The van der Waals surface area contributed by atoms with Crippen LogP contribution in [0.4, 0.5) is 0 Å². The summed E-state index contributed by atoms with van der Waals surface area (Å²) in [5.41, 5.74) is 0.281. The van der Waals surface area contributed by atoms with Gasteiger partial charge in [0.2, 0.25) is 9.05 Å². The van der Waals surface area contributed by atoms with Crippen LogP contribution in [0.2, 0.25) is 0 Å². The van der Waals surface area contributed by atoms with Gasteiger partial charge in [-0.05, 0) is 18.1 Å². The van der Waals surface area contributed by atoms with Crippen LogP contribution in [0.5, 0.6) is 0 Å². The highest BCUT2D eigenvalue weighted by Gasteiger charge is 2.36. The van der Waals surface area contributed by atoms with Gasteiger partial charge in [0, 0.05) is 10.7 Å². The molecule has 0 saturated heterocycles. The highest BCUT2D eigenvalue weighted by Crippen LogP contribution is 2.38. The van der Waals surface area contributed by atoms with Crippen molar-refractivity contribution in [2.75, 3.05) is 5.75 Å². The normalized spacial score (nSPS) is 23.7. The quantitative estimate of drug-likeness (QED) is 0.731. The van der Waals surface area contributed by atoms with Crippen molar-refractivity contribution in [1.29, 1.82) is 0 Å². The predicted molar refractivity (Wildman–Crippen MR) is 60.6 cm³/mol. The Labute approximate surface area is 98.6 Å². The molecule has 0 saturated carbocycles. The smallest absolute Gasteiger partial charge is 0.224 e. The van der Waals surface area contributed by atoms with Crippen LogP contribution >= 0.6 is 10.7 Å². The minimum atomic E-state index is -3.78. The lowest BCUT2D eigenvalue weighted by Crippen LogP contribution is -2.23. The molecule has 1 aromatic carbocycles. The summed E-state index contributed by atoms with van der Waals surface area (Å²) in [4.78, 5) is 0.0791. The number of benzene rings is 1. The summed E-state index contributed by atoms with van der Waals surface area (Å²) < 4.78 is 46.1. The zero-order chi connectivity index (χ0) is 12.0. The molecule has 1 heterocycles. The Hall–Kier alpha value is -0.590. The standard InChI is InChI=1S/C9H9ClO4S2/c10-16(13,14)9-5-6-15(11,12)8-4-2-1-3-7(8)9/h1-4,9H,5-6H2. The van der Waals surface area contributed by atoms with Crippen molar-refractivity contribution in [2.24, 2.45) is 0 Å². The van der Waals surface area contributed by atoms with Gasteiger partial charge in [0.25, 0.3) is 0 Å². The highest BCUT2D eigenvalue weighted by molar-refractivity contribution is 8.14. The second-order valence-electron chi connectivity index (χ2n) is 3.61. The van der Waals surface area contributed by atoms with Crippen molar-refractivity contribution in [2.45, 2.75) is 16.6 Å². The van der Waals surface area contributed by atoms with Gasteiger partial charge in [-0.3, -0.25) is 0 Å². The number of sulfone groups is 1. The van der Waals surface area contributed by atoms with E-state index in [2.05, 4.69) is 0 Å². The fourth-order valence-corrected chi connectivity index (χ4v) is 5.16. The molecule has 1 atom stereocenters. The third-order valence-corrected chi connectivity index (χ3v) is 6.22. The highest BCUT2D eigenvalue weighted by atomic mass is 35.7. The number of hydrogen-bond donors (Lipinski definition) is 0. The summed E-state index contributed by atoms with van der Waals surface area (Å²) in [5.74, 6) is -0.180. The van der Waals surface area contributed by atoms with Gasteiger partial charge >= 0.3 is 0 Å². The summed E-state index contributed by atoms with van der Waals surface area (Å²) in [7, 11) is -1.83. The molecule has 7 heteroatoms. The van der Waals surface area contributed by atoms with E-state index in [1.165, 1.54) is 12.1 Å². The minimum Gasteiger partial charge on any atom is -0.224 e. The van der Waals surface area contributed by atoms with Crippen molar-refractivity contribution < 1.29 is 16.8 Å². The molecule has 0 bridgehead atoms. The average molecular weight is 281 g/mol. The zero-order valence-corrected chi connectivity index (χ0v) is 10.5. The Morgan fingerprint density at radius 3 is 2.50 bits per heavy atom. The maximum Gasteiger partial charge on any atom is 0.239 e. The molecule has 1 aliphatic rings. The zero-order valence-electron chi connectivity index (χ0n) is 8.13. The molecule has 0 aliphatic carbocycles. The van der Waals surface area contributed by atoms with Gasteiger partial charge in [0.05, 0.1) is 10.6 Å². The first-order chi connectivity index (χ1) is 7.32. The first kappa shape index (κ1) is 11.9. The molecule has 0 fully saturated rings. The first-order valence-corrected chi connectivity index (χ1v) is 8.60. The van der Waals surface area contributed by atoms with Crippen molar-refractivity contribution in [3.05, 3.63) is 29.8 Å². The van der Waals surface area contributed by atoms with E-state index < -0.39 is 24.1 Å². The van der Waals surface area contributed by atoms with Gasteiger partial charge in [-0.2, -0.15) is 0 Å². The molecule has 1 aromatic rings. The van der Waals surface area contributed by atoms with Crippen LogP contribution in [0, 0.1) is 0 Å². The molecule has 0 spiro atoms. The third-order valence-electron chi connectivity index (χ3n) is 2.59. The van der Waals surface area contributed by atoms with Gasteiger partial charge in [-0.15, -0.1) is 0 Å². The second-order valence-corrected chi connectivity index (χ2v) is 8.50. The lowest BCUT2D eigenvalue weighted by Gasteiger charge is -2.22. The van der Waals surface area contributed by atoms with Gasteiger partial charge in [-0.1, -0.05) is 18.2 Å². The molecule has 0 aromatic heterocycles. The molecule has 0 N–H and O–H groups in total. The molecule has 4 nitrogen and oxygen atoms in total. The molecular formula is C9H9ClO4S2. The fourth-order valence-electron chi connectivity index (χ4n) is 1.85. The fraction of sp³-hybridized carbons (Fsp3) is 0.333. The van der Waals surface area contributed by atoms with Crippen molar-refractivity contribution in [1.82, 2.24) is 0 Å². The summed E-state index contributed by atoms with van der Waals surface area (Å²) in [5, 5.41) is -0.922. The van der Waals surface area contributed by atoms with E-state index in [4.69, 9.17) is 10.7 Å². The van der Waals surface area contributed by atoms with Crippen LogP contribution in [-0.2, 0) is 18.9 Å². The monoisotopic (exact) mass is 280 g/mol. The molecule has 16 heavy (non-hydrogen) atoms. The van der Waals surface area contributed by atoms with Crippen LogP contribution in [0.15, 0.2) is 29.2 Å². The predicted octanol–water partition coefficient (Wildman–Crippen LogP) is 1.47. The maximum atomic E-state index is 11.7. The molecule has 1 unspecified atom stereocenters. The third kappa shape index (κ3) is 1.97. The Bertz CT molecular complexity index is 619. The Morgan fingerprint density at radius 1 is 1.25 bits per heavy atom. The van der Waals surface area contributed by atoms with E-state index in [1.54, 1.807) is 12.1 Å². The van der Waals surface area contributed by atoms with Gasteiger partial charge in [0.1, 0.15) is 5.25 Å². The summed E-state index contributed by atoms with van der Waals surface area (Å²) >= 11 is 0.